The van der Waals surface area contributed by atoms with Crippen molar-refractivity contribution in [3.63, 3.8) is 0 Å². The summed E-state index contributed by atoms with van der Waals surface area (Å²) >= 11 is 0. The van der Waals surface area contributed by atoms with E-state index in [-0.39, 0.29) is 0 Å². The van der Waals surface area contributed by atoms with Crippen LogP contribution in [-0.4, -0.2) is 34.1 Å². The highest BCUT2D eigenvalue weighted by Crippen LogP contribution is 2.40. The van der Waals surface area contributed by atoms with Crippen molar-refractivity contribution in [2.24, 2.45) is 0 Å². The van der Waals surface area contributed by atoms with Gasteiger partial charge in [-0.1, -0.05) is 115 Å². The fourth-order valence-electron chi connectivity index (χ4n) is 7.82. The molecule has 0 aliphatic heterocycles. The molecule has 5 heterocycles. The Hall–Kier alpha value is -7.51. The number of nitrogens with zero attached hydrogens (tertiary/aromatic N) is 7. The Morgan fingerprint density at radius 3 is 1.48 bits per heavy atom. The number of rotatable bonds is 5. The van der Waals surface area contributed by atoms with Gasteiger partial charge in [-0.05, 0) is 48.5 Å². The average Bonchev–Trinajstić information content (AvgIpc) is 3.86. The Balaban J connectivity index is 1.17. The Morgan fingerprint density at radius 2 is 0.833 bits per heavy atom. The van der Waals surface area contributed by atoms with Crippen LogP contribution < -0.4 is 0 Å². The van der Waals surface area contributed by atoms with E-state index in [4.69, 9.17) is 24.9 Å². The minimum Gasteiger partial charge on any atom is -0.292 e. The maximum atomic E-state index is 5.42. The zero-order chi connectivity index (χ0) is 35.6. The highest BCUT2D eigenvalue weighted by molar-refractivity contribution is 6.23. The summed E-state index contributed by atoms with van der Waals surface area (Å²) in [6.45, 7) is 0. The molecule has 54 heavy (non-hydrogen) atoms. The third kappa shape index (κ3) is 4.58. The Bertz CT molecular complexity index is 3190. The van der Waals surface area contributed by atoms with Crippen LogP contribution in [0.1, 0.15) is 0 Å². The first kappa shape index (κ1) is 30.1. The number of imidazole rings is 2. The first-order valence-electron chi connectivity index (χ1n) is 17.9. The molecule has 5 aromatic heterocycles. The first-order valence-corrected chi connectivity index (χ1v) is 17.9. The molecule has 0 bridgehead atoms. The van der Waals surface area contributed by atoms with Crippen LogP contribution in [0.5, 0.6) is 0 Å². The summed E-state index contributed by atoms with van der Waals surface area (Å²) in [5, 5.41) is 3.23. The topological polar surface area (TPSA) is 74.3 Å². The Morgan fingerprint density at radius 1 is 0.333 bits per heavy atom. The molecule has 0 radical (unpaired) electrons. The van der Waals surface area contributed by atoms with Gasteiger partial charge in [0.2, 0.25) is 0 Å². The normalized spacial score (nSPS) is 11.7. The zero-order valence-corrected chi connectivity index (χ0v) is 28.9. The number of benzene rings is 6. The van der Waals surface area contributed by atoms with E-state index in [1.54, 1.807) is 0 Å². The van der Waals surface area contributed by atoms with Gasteiger partial charge in [-0.15, -0.1) is 0 Å². The summed E-state index contributed by atoms with van der Waals surface area (Å²) in [4.78, 5) is 25.6. The fourth-order valence-corrected chi connectivity index (χ4v) is 7.82. The lowest BCUT2D eigenvalue weighted by Gasteiger charge is -2.13. The van der Waals surface area contributed by atoms with E-state index in [0.717, 1.165) is 100 Å². The largest absolute Gasteiger partial charge is 0.292 e. The maximum absolute atomic E-state index is 5.42. The first-order chi connectivity index (χ1) is 26.8. The minimum absolute atomic E-state index is 0.769. The van der Waals surface area contributed by atoms with Crippen LogP contribution in [0.4, 0.5) is 0 Å². The molecular weight excluding hydrogens is 663 g/mol. The van der Waals surface area contributed by atoms with E-state index in [2.05, 4.69) is 124 Å². The van der Waals surface area contributed by atoms with Crippen LogP contribution in [0.2, 0.25) is 0 Å². The molecule has 0 unspecified atom stereocenters. The van der Waals surface area contributed by atoms with Crippen molar-refractivity contribution >= 4 is 54.8 Å². The molecule has 0 saturated carbocycles. The van der Waals surface area contributed by atoms with E-state index in [9.17, 15) is 0 Å². The third-order valence-electron chi connectivity index (χ3n) is 10.2. The van der Waals surface area contributed by atoms with Gasteiger partial charge in [0.1, 0.15) is 28.2 Å². The van der Waals surface area contributed by atoms with Crippen molar-refractivity contribution in [1.29, 1.82) is 0 Å². The molecule has 0 amide bonds. The summed E-state index contributed by atoms with van der Waals surface area (Å²) in [6.07, 6.45) is 3.67. The van der Waals surface area contributed by atoms with Gasteiger partial charge in [-0.2, -0.15) is 0 Å². The SMILES string of the molecule is c1ccc(-c2nc3cccnc3c3nc(-c4ccc(-c5nc6c7ccccc7c7ncccc7c6n5-c5ccccc5)cc4)n(-c4ccccc4)c23)cc1. The lowest BCUT2D eigenvalue weighted by Crippen LogP contribution is -2.00. The van der Waals surface area contributed by atoms with Crippen LogP contribution in [0.25, 0.3) is 100 Å². The van der Waals surface area contributed by atoms with Crippen LogP contribution in [0, 0.1) is 0 Å². The molecule has 252 valence electrons. The number of fused-ring (bicyclic) bond motifs is 9. The molecular formula is C47H29N7. The summed E-state index contributed by atoms with van der Waals surface area (Å²) in [5.74, 6) is 1.66. The van der Waals surface area contributed by atoms with Crippen molar-refractivity contribution in [2.45, 2.75) is 0 Å². The van der Waals surface area contributed by atoms with Crippen molar-refractivity contribution < 1.29 is 0 Å². The van der Waals surface area contributed by atoms with Gasteiger partial charge in [-0.25, -0.2) is 15.0 Å². The quantitative estimate of drug-likeness (QED) is 0.168. The predicted octanol–water partition coefficient (Wildman–Crippen LogP) is 11.0. The van der Waals surface area contributed by atoms with Gasteiger partial charge >= 0.3 is 0 Å². The number of pyridine rings is 3. The smallest absolute Gasteiger partial charge is 0.145 e. The van der Waals surface area contributed by atoms with E-state index in [0.29, 0.717) is 0 Å². The number of hydrogen-bond donors (Lipinski definition) is 0. The van der Waals surface area contributed by atoms with Crippen molar-refractivity contribution in [1.82, 2.24) is 34.1 Å². The van der Waals surface area contributed by atoms with Crippen LogP contribution in [0.15, 0.2) is 176 Å². The molecule has 0 spiro atoms. The molecule has 0 N–H and O–H groups in total. The van der Waals surface area contributed by atoms with E-state index in [1.165, 1.54) is 0 Å². The van der Waals surface area contributed by atoms with Gasteiger partial charge in [0, 0.05) is 56.6 Å². The molecule has 0 atom stereocenters. The molecule has 0 fully saturated rings. The highest BCUT2D eigenvalue weighted by Gasteiger charge is 2.24. The molecule has 7 heteroatoms. The second-order valence-corrected chi connectivity index (χ2v) is 13.3. The summed E-state index contributed by atoms with van der Waals surface area (Å²) < 4.78 is 4.49. The van der Waals surface area contributed by atoms with Crippen LogP contribution >= 0.6 is 0 Å². The standard InChI is InChI=1S/C47H29N7/c1-4-14-30(15-5-1)39-45-43(42-38(50-39)23-13-29-49-42)52-47(54(45)34-18-8-3-9-19-34)32-26-24-31(25-27-32)46-51-41-36-21-11-10-20-35(36)40-37(22-12-28-48-40)44(41)53(46)33-16-6-2-7-17-33/h1-29H. The summed E-state index contributed by atoms with van der Waals surface area (Å²) in [6, 6.07) is 56.2. The monoisotopic (exact) mass is 691 g/mol. The second-order valence-electron chi connectivity index (χ2n) is 13.3. The van der Waals surface area contributed by atoms with Crippen LogP contribution in [0.3, 0.4) is 0 Å². The summed E-state index contributed by atoms with van der Waals surface area (Å²) in [5.41, 5.74) is 12.1. The molecule has 11 aromatic rings. The number of aromatic nitrogens is 7. The lowest BCUT2D eigenvalue weighted by molar-refractivity contribution is 1.09. The molecule has 11 rings (SSSR count). The van der Waals surface area contributed by atoms with Crippen molar-refractivity contribution in [2.75, 3.05) is 0 Å². The average molecular weight is 692 g/mol. The van der Waals surface area contributed by atoms with Gasteiger partial charge in [-0.3, -0.25) is 19.1 Å². The number of hydrogen-bond acceptors (Lipinski definition) is 5. The zero-order valence-electron chi connectivity index (χ0n) is 28.9. The molecule has 0 aliphatic carbocycles. The predicted molar refractivity (Wildman–Crippen MR) is 218 cm³/mol. The molecule has 7 nitrogen and oxygen atoms in total. The lowest BCUT2D eigenvalue weighted by atomic mass is 10.0. The van der Waals surface area contributed by atoms with Gasteiger partial charge in [0.15, 0.2) is 0 Å². The van der Waals surface area contributed by atoms with E-state index in [1.807, 2.05) is 60.9 Å². The second kappa shape index (κ2) is 12.0. The third-order valence-corrected chi connectivity index (χ3v) is 10.2. The number of para-hydroxylation sites is 2. The van der Waals surface area contributed by atoms with Gasteiger partial charge < -0.3 is 0 Å². The van der Waals surface area contributed by atoms with E-state index < -0.39 is 0 Å². The minimum atomic E-state index is 0.769. The Labute approximate surface area is 309 Å². The Kier molecular flexibility index (Phi) is 6.72. The highest BCUT2D eigenvalue weighted by atomic mass is 15.1. The fraction of sp³-hybridized carbons (Fsp3) is 0. The van der Waals surface area contributed by atoms with Crippen LogP contribution in [-0.2, 0) is 0 Å². The van der Waals surface area contributed by atoms with Gasteiger partial charge in [0.05, 0.1) is 27.8 Å². The molecule has 6 aromatic carbocycles. The van der Waals surface area contributed by atoms with Gasteiger partial charge in [0.25, 0.3) is 0 Å². The van der Waals surface area contributed by atoms with Crippen molar-refractivity contribution in [3.8, 4) is 45.4 Å². The molecule has 0 aliphatic rings. The van der Waals surface area contributed by atoms with E-state index >= 15 is 0 Å². The molecule has 0 saturated heterocycles. The van der Waals surface area contributed by atoms with Crippen molar-refractivity contribution in [3.05, 3.63) is 176 Å². The summed E-state index contributed by atoms with van der Waals surface area (Å²) in [7, 11) is 0. The maximum Gasteiger partial charge on any atom is 0.145 e.